The van der Waals surface area contributed by atoms with Crippen LogP contribution >= 0.6 is 11.3 Å². The molecule has 0 aliphatic rings. The molecule has 5 N–H and O–H groups in total. The van der Waals surface area contributed by atoms with Crippen molar-refractivity contribution in [2.45, 2.75) is 0 Å². The van der Waals surface area contributed by atoms with E-state index in [1.165, 1.54) is 6.33 Å². The van der Waals surface area contributed by atoms with Gasteiger partial charge in [-0.25, -0.2) is 15.0 Å². The highest BCUT2D eigenvalue weighted by Gasteiger charge is 2.10. The third-order valence-corrected chi connectivity index (χ3v) is 4.91. The lowest BCUT2D eigenvalue weighted by atomic mass is 10.1. The van der Waals surface area contributed by atoms with Gasteiger partial charge in [-0.3, -0.25) is 4.99 Å². The molecule has 27 heavy (non-hydrogen) atoms. The predicted molar refractivity (Wildman–Crippen MR) is 113 cm³/mol. The number of thiazole rings is 1. The van der Waals surface area contributed by atoms with Crippen LogP contribution in [-0.2, 0) is 0 Å². The van der Waals surface area contributed by atoms with Crippen molar-refractivity contribution in [3.8, 4) is 0 Å². The number of benzene rings is 2. The normalized spacial score (nSPS) is 12.3. The van der Waals surface area contributed by atoms with Crippen LogP contribution in [0.4, 0.5) is 17.2 Å². The average molecular weight is 375 g/mol. The van der Waals surface area contributed by atoms with Crippen LogP contribution in [0.15, 0.2) is 53.2 Å². The molecule has 0 spiro atoms. The van der Waals surface area contributed by atoms with Crippen LogP contribution < -0.4 is 16.8 Å². The van der Waals surface area contributed by atoms with Gasteiger partial charge in [-0.05, 0) is 36.4 Å². The van der Waals surface area contributed by atoms with E-state index in [1.54, 1.807) is 30.7 Å². The first-order valence-corrected chi connectivity index (χ1v) is 9.06. The Bertz CT molecular complexity index is 1190. The van der Waals surface area contributed by atoms with E-state index in [2.05, 4.69) is 25.3 Å². The van der Waals surface area contributed by atoms with Crippen LogP contribution in [0.25, 0.3) is 26.8 Å². The van der Waals surface area contributed by atoms with E-state index in [0.717, 1.165) is 32.4 Å². The van der Waals surface area contributed by atoms with Crippen LogP contribution in [0.2, 0.25) is 0 Å². The van der Waals surface area contributed by atoms with Crippen LogP contribution in [-0.4, -0.2) is 28.2 Å². The number of anilines is 3. The molecule has 0 aliphatic carbocycles. The summed E-state index contributed by atoms with van der Waals surface area (Å²) in [6, 6.07) is 9.69. The largest absolute Gasteiger partial charge is 0.398 e. The summed E-state index contributed by atoms with van der Waals surface area (Å²) >= 11 is 1.60. The van der Waals surface area contributed by atoms with E-state index in [4.69, 9.17) is 11.5 Å². The van der Waals surface area contributed by atoms with Gasteiger partial charge >= 0.3 is 0 Å². The molecule has 2 heterocycles. The van der Waals surface area contributed by atoms with Crippen LogP contribution in [0.3, 0.4) is 0 Å². The van der Waals surface area contributed by atoms with Gasteiger partial charge in [0.05, 0.1) is 21.2 Å². The monoisotopic (exact) mass is 375 g/mol. The number of nitrogens with two attached hydrogens (primary N) is 2. The van der Waals surface area contributed by atoms with Crippen LogP contribution in [0.5, 0.6) is 0 Å². The second kappa shape index (κ2) is 7.00. The molecule has 4 rings (SSSR count). The smallest absolute Gasteiger partial charge is 0.141 e. The summed E-state index contributed by atoms with van der Waals surface area (Å²) in [6.45, 7) is 0. The van der Waals surface area contributed by atoms with Gasteiger partial charge in [0.25, 0.3) is 0 Å². The molecule has 0 fully saturated rings. The average Bonchev–Trinajstić information content (AvgIpc) is 3.14. The quantitative estimate of drug-likeness (QED) is 0.371. The molecular formula is C19H17N7S. The molecule has 4 aromatic rings. The number of allylic oxidation sites excluding steroid dienone is 1. The summed E-state index contributed by atoms with van der Waals surface area (Å²) in [5, 5.41) is 4.16. The molecule has 2 aromatic carbocycles. The van der Waals surface area contributed by atoms with Crippen LogP contribution in [0, 0.1) is 0 Å². The Morgan fingerprint density at radius 2 is 2.04 bits per heavy atom. The fraction of sp³-hybridized carbons (Fsp3) is 0.0526. The lowest BCUT2D eigenvalue weighted by Gasteiger charge is -2.11. The van der Waals surface area contributed by atoms with Crippen molar-refractivity contribution in [2.24, 2.45) is 10.7 Å². The molecule has 0 bridgehead atoms. The van der Waals surface area contributed by atoms with Crippen molar-refractivity contribution in [3.05, 3.63) is 53.8 Å². The van der Waals surface area contributed by atoms with E-state index < -0.39 is 0 Å². The molecule has 0 unspecified atom stereocenters. The Kier molecular flexibility index (Phi) is 4.39. The molecule has 0 aliphatic heterocycles. The first-order valence-electron chi connectivity index (χ1n) is 8.18. The number of nitrogens with zero attached hydrogens (tertiary/aromatic N) is 4. The van der Waals surface area contributed by atoms with E-state index >= 15 is 0 Å². The third kappa shape index (κ3) is 3.30. The number of aromatic nitrogens is 3. The maximum absolute atomic E-state index is 6.23. The molecule has 0 saturated carbocycles. The number of nitrogens with one attached hydrogen (secondary N) is 1. The summed E-state index contributed by atoms with van der Waals surface area (Å²) < 4.78 is 1.11. The number of fused-ring (bicyclic) bond motifs is 2. The second-order valence-electron chi connectivity index (χ2n) is 5.87. The zero-order valence-corrected chi connectivity index (χ0v) is 15.4. The summed E-state index contributed by atoms with van der Waals surface area (Å²) in [4.78, 5) is 16.9. The molecule has 2 aromatic heterocycles. The van der Waals surface area contributed by atoms with Crippen molar-refractivity contribution < 1.29 is 0 Å². The van der Waals surface area contributed by atoms with Gasteiger partial charge in [0.2, 0.25) is 0 Å². The molecule has 0 atom stereocenters. The Morgan fingerprint density at radius 1 is 1.15 bits per heavy atom. The fourth-order valence-electron chi connectivity index (χ4n) is 2.78. The molecule has 8 heteroatoms. The topological polar surface area (TPSA) is 115 Å². The van der Waals surface area contributed by atoms with Crippen molar-refractivity contribution in [1.82, 2.24) is 15.0 Å². The summed E-state index contributed by atoms with van der Waals surface area (Å²) in [5.74, 6) is 0.680. The molecule has 0 radical (unpaired) electrons. The molecule has 0 amide bonds. The van der Waals surface area contributed by atoms with Gasteiger partial charge in [-0.2, -0.15) is 0 Å². The van der Waals surface area contributed by atoms with Gasteiger partial charge in [0.1, 0.15) is 12.1 Å². The number of hydrogen-bond donors (Lipinski definition) is 3. The Morgan fingerprint density at radius 3 is 2.89 bits per heavy atom. The van der Waals surface area contributed by atoms with E-state index in [9.17, 15) is 0 Å². The SMILES string of the molecule is CN=C/C=C(\N)c1cc2ncnc(Nc3ccc4ncsc4c3)c2cc1N. The molecule has 134 valence electrons. The van der Waals surface area contributed by atoms with E-state index in [-0.39, 0.29) is 0 Å². The maximum Gasteiger partial charge on any atom is 0.141 e. The van der Waals surface area contributed by atoms with Crippen molar-refractivity contribution >= 4 is 61.6 Å². The number of hydrogen-bond acceptors (Lipinski definition) is 8. The molecular weight excluding hydrogens is 358 g/mol. The highest BCUT2D eigenvalue weighted by Crippen LogP contribution is 2.30. The van der Waals surface area contributed by atoms with E-state index in [0.29, 0.717) is 17.2 Å². The number of nitrogen functional groups attached to an aromatic ring is 1. The standard InChI is InChI=1S/C19H17N7S/c1-22-5-4-14(20)12-8-17-13(7-15(12)21)19(24-9-23-17)26-11-2-3-16-18(6-11)27-10-25-16/h2-10H,20-21H2,1H3,(H,23,24,26)/b14-4-,22-5?. The third-order valence-electron chi connectivity index (χ3n) is 4.11. The van der Waals surface area contributed by atoms with E-state index in [1.807, 2.05) is 35.8 Å². The summed E-state index contributed by atoms with van der Waals surface area (Å²) in [7, 11) is 1.68. The second-order valence-corrected chi connectivity index (χ2v) is 6.75. The van der Waals surface area contributed by atoms with Crippen molar-refractivity contribution in [3.63, 3.8) is 0 Å². The Balaban J connectivity index is 1.76. The predicted octanol–water partition coefficient (Wildman–Crippen LogP) is 3.57. The molecule has 0 saturated heterocycles. The van der Waals surface area contributed by atoms with Gasteiger partial charge in [-0.15, -0.1) is 11.3 Å². The minimum atomic E-state index is 0.531. The summed E-state index contributed by atoms with van der Waals surface area (Å²) in [5.41, 5.74) is 18.6. The molecule has 7 nitrogen and oxygen atoms in total. The minimum absolute atomic E-state index is 0.531. The minimum Gasteiger partial charge on any atom is -0.398 e. The van der Waals surface area contributed by atoms with Gasteiger partial charge in [0.15, 0.2) is 0 Å². The van der Waals surface area contributed by atoms with Crippen LogP contribution in [0.1, 0.15) is 5.56 Å². The number of aliphatic imine (C=N–C) groups is 1. The van der Waals surface area contributed by atoms with Crippen molar-refractivity contribution in [2.75, 3.05) is 18.1 Å². The lowest BCUT2D eigenvalue weighted by Crippen LogP contribution is -2.03. The zero-order valence-electron chi connectivity index (χ0n) is 14.5. The lowest BCUT2D eigenvalue weighted by molar-refractivity contribution is 1.22. The number of rotatable bonds is 4. The fourth-order valence-corrected chi connectivity index (χ4v) is 3.50. The maximum atomic E-state index is 6.23. The van der Waals surface area contributed by atoms with Gasteiger partial charge < -0.3 is 16.8 Å². The Labute approximate surface area is 159 Å². The van der Waals surface area contributed by atoms with Gasteiger partial charge in [-0.1, -0.05) is 0 Å². The van der Waals surface area contributed by atoms with Gasteiger partial charge in [0, 0.05) is 41.3 Å². The first-order chi connectivity index (χ1) is 13.2. The van der Waals surface area contributed by atoms with Crippen molar-refractivity contribution in [1.29, 1.82) is 0 Å². The first kappa shape index (κ1) is 16.9. The highest BCUT2D eigenvalue weighted by atomic mass is 32.1. The Hall–Kier alpha value is -3.52. The zero-order chi connectivity index (χ0) is 18.8. The summed E-state index contributed by atoms with van der Waals surface area (Å²) in [6.07, 6.45) is 4.85. The highest BCUT2D eigenvalue weighted by molar-refractivity contribution is 7.16.